The molecule has 0 spiro atoms. The van der Waals surface area contributed by atoms with Crippen LogP contribution in [0.4, 0.5) is 5.69 Å². The minimum Gasteiger partial charge on any atom is -0.248 e. The Morgan fingerprint density at radius 1 is 1.17 bits per heavy atom. The van der Waals surface area contributed by atoms with E-state index in [1.807, 2.05) is 12.1 Å². The molecular formula is C9H14N2O. The van der Waals surface area contributed by atoms with Crippen molar-refractivity contribution in [2.45, 2.75) is 13.8 Å². The number of hydroxylamine groups is 1. The maximum atomic E-state index is 4.81. The molecule has 0 atom stereocenters. The van der Waals surface area contributed by atoms with Crippen LogP contribution >= 0.6 is 0 Å². The minimum absolute atomic E-state index is 0.951. The van der Waals surface area contributed by atoms with Crippen molar-refractivity contribution in [2.24, 2.45) is 0 Å². The molecule has 0 bridgehead atoms. The molecule has 0 fully saturated rings. The topological polar surface area (TPSA) is 33.3 Å². The maximum Gasteiger partial charge on any atom is 0.0626 e. The van der Waals surface area contributed by atoms with E-state index >= 15 is 0 Å². The summed E-state index contributed by atoms with van der Waals surface area (Å²) in [6.07, 6.45) is 0. The highest BCUT2D eigenvalue weighted by atomic mass is 16.8. The molecule has 0 amide bonds. The summed E-state index contributed by atoms with van der Waals surface area (Å²) in [7, 11) is 1.70. The highest BCUT2D eigenvalue weighted by Gasteiger charge is 1.94. The van der Waals surface area contributed by atoms with Crippen LogP contribution in [0.15, 0.2) is 18.2 Å². The Kier molecular flexibility index (Phi) is 3.08. The Labute approximate surface area is 72.6 Å². The van der Waals surface area contributed by atoms with Gasteiger partial charge in [-0.15, -0.1) is 0 Å². The monoisotopic (exact) mass is 166 g/mol. The second-order valence-electron chi connectivity index (χ2n) is 2.71. The number of rotatable bonds is 3. The molecule has 12 heavy (non-hydrogen) atoms. The number of hydrogen-bond donors (Lipinski definition) is 2. The quantitative estimate of drug-likeness (QED) is 0.671. The largest absolute Gasteiger partial charge is 0.248 e. The van der Waals surface area contributed by atoms with Crippen molar-refractivity contribution in [1.82, 2.24) is 5.48 Å². The van der Waals surface area contributed by atoms with E-state index in [4.69, 9.17) is 4.94 Å². The van der Waals surface area contributed by atoms with Crippen molar-refractivity contribution >= 4 is 5.69 Å². The van der Waals surface area contributed by atoms with E-state index in [1.54, 1.807) is 7.05 Å². The van der Waals surface area contributed by atoms with Gasteiger partial charge in [-0.1, -0.05) is 6.07 Å². The molecule has 0 saturated carbocycles. The van der Waals surface area contributed by atoms with Crippen molar-refractivity contribution in [3.8, 4) is 0 Å². The van der Waals surface area contributed by atoms with E-state index in [0.29, 0.717) is 0 Å². The zero-order valence-corrected chi connectivity index (χ0v) is 7.64. The first-order valence-corrected chi connectivity index (χ1v) is 3.90. The van der Waals surface area contributed by atoms with Crippen LogP contribution < -0.4 is 11.0 Å². The average molecular weight is 166 g/mol. The fourth-order valence-corrected chi connectivity index (χ4v) is 0.915. The SMILES string of the molecule is CNONc1ccc(C)c(C)c1. The van der Waals surface area contributed by atoms with Gasteiger partial charge in [0.1, 0.15) is 0 Å². The second-order valence-corrected chi connectivity index (χ2v) is 2.71. The zero-order valence-electron chi connectivity index (χ0n) is 7.64. The summed E-state index contributed by atoms with van der Waals surface area (Å²) in [5.41, 5.74) is 8.77. The molecule has 3 nitrogen and oxygen atoms in total. The van der Waals surface area contributed by atoms with Crippen LogP contribution in [0.25, 0.3) is 0 Å². The van der Waals surface area contributed by atoms with Gasteiger partial charge in [-0.25, -0.2) is 5.48 Å². The fraction of sp³-hybridized carbons (Fsp3) is 0.333. The van der Waals surface area contributed by atoms with Gasteiger partial charge >= 0.3 is 0 Å². The van der Waals surface area contributed by atoms with Gasteiger partial charge in [0.25, 0.3) is 0 Å². The van der Waals surface area contributed by atoms with Gasteiger partial charge in [-0.05, 0) is 37.1 Å². The van der Waals surface area contributed by atoms with Crippen LogP contribution in [0.2, 0.25) is 0 Å². The molecule has 2 N–H and O–H groups in total. The van der Waals surface area contributed by atoms with Gasteiger partial charge in [0.05, 0.1) is 5.69 Å². The lowest BCUT2D eigenvalue weighted by Gasteiger charge is -2.06. The highest BCUT2D eigenvalue weighted by molar-refractivity contribution is 5.46. The van der Waals surface area contributed by atoms with E-state index in [9.17, 15) is 0 Å². The maximum absolute atomic E-state index is 4.81. The van der Waals surface area contributed by atoms with Crippen LogP contribution in [-0.2, 0) is 4.94 Å². The van der Waals surface area contributed by atoms with E-state index in [-0.39, 0.29) is 0 Å². The molecule has 0 heterocycles. The molecule has 0 aliphatic heterocycles. The molecule has 3 heteroatoms. The molecule has 66 valence electrons. The lowest BCUT2D eigenvalue weighted by Crippen LogP contribution is -2.13. The van der Waals surface area contributed by atoms with E-state index in [1.165, 1.54) is 11.1 Å². The van der Waals surface area contributed by atoms with Crippen LogP contribution in [0, 0.1) is 13.8 Å². The Bertz CT molecular complexity index is 261. The summed E-state index contributed by atoms with van der Waals surface area (Å²) in [6, 6.07) is 6.06. The second kappa shape index (κ2) is 4.09. The number of benzene rings is 1. The Morgan fingerprint density at radius 3 is 2.50 bits per heavy atom. The first-order valence-electron chi connectivity index (χ1n) is 3.90. The number of nitrogens with one attached hydrogen (secondary N) is 2. The lowest BCUT2D eigenvalue weighted by atomic mass is 10.1. The summed E-state index contributed by atoms with van der Waals surface area (Å²) >= 11 is 0. The predicted octanol–water partition coefficient (Wildman–Crippen LogP) is 1.78. The molecule has 0 radical (unpaired) electrons. The van der Waals surface area contributed by atoms with Crippen molar-refractivity contribution in [3.05, 3.63) is 29.3 Å². The average Bonchev–Trinajstić information content (AvgIpc) is 2.07. The number of hydrogen-bond acceptors (Lipinski definition) is 3. The minimum atomic E-state index is 0.951. The van der Waals surface area contributed by atoms with Crippen molar-refractivity contribution in [3.63, 3.8) is 0 Å². The third-order valence-electron chi connectivity index (χ3n) is 1.78. The van der Waals surface area contributed by atoms with Gasteiger partial charge in [0.2, 0.25) is 0 Å². The molecule has 0 aromatic heterocycles. The van der Waals surface area contributed by atoms with E-state index in [2.05, 4.69) is 30.9 Å². The van der Waals surface area contributed by atoms with Crippen molar-refractivity contribution in [2.75, 3.05) is 12.5 Å². The van der Waals surface area contributed by atoms with Crippen LogP contribution in [0.3, 0.4) is 0 Å². The standard InChI is InChI=1S/C9H14N2O/c1-7-4-5-9(6-8(7)2)11-12-10-3/h4-6,10-11H,1-3H3. The van der Waals surface area contributed by atoms with E-state index < -0.39 is 0 Å². The highest BCUT2D eigenvalue weighted by Crippen LogP contribution is 2.13. The van der Waals surface area contributed by atoms with Crippen LogP contribution in [0.1, 0.15) is 11.1 Å². The van der Waals surface area contributed by atoms with Crippen molar-refractivity contribution in [1.29, 1.82) is 0 Å². The molecule has 0 aliphatic rings. The molecule has 1 aromatic rings. The normalized spacial score (nSPS) is 9.92. The third kappa shape index (κ3) is 2.22. The Morgan fingerprint density at radius 2 is 1.92 bits per heavy atom. The molecule has 0 unspecified atom stereocenters. The predicted molar refractivity (Wildman–Crippen MR) is 49.7 cm³/mol. The lowest BCUT2D eigenvalue weighted by molar-refractivity contribution is 0.109. The first-order chi connectivity index (χ1) is 5.74. The van der Waals surface area contributed by atoms with Crippen molar-refractivity contribution < 1.29 is 4.94 Å². The van der Waals surface area contributed by atoms with Crippen LogP contribution in [0.5, 0.6) is 0 Å². The smallest absolute Gasteiger partial charge is 0.0626 e. The molecular weight excluding hydrogens is 152 g/mol. The van der Waals surface area contributed by atoms with Gasteiger partial charge in [0, 0.05) is 7.05 Å². The van der Waals surface area contributed by atoms with Gasteiger partial charge in [-0.3, -0.25) is 0 Å². The van der Waals surface area contributed by atoms with Gasteiger partial charge < -0.3 is 0 Å². The zero-order chi connectivity index (χ0) is 8.97. The number of aryl methyl sites for hydroxylation is 2. The summed E-state index contributed by atoms with van der Waals surface area (Å²) in [4.78, 5) is 4.81. The Balaban J connectivity index is 2.69. The molecule has 1 rings (SSSR count). The molecule has 1 aromatic carbocycles. The summed E-state index contributed by atoms with van der Waals surface area (Å²) in [5.74, 6) is 0. The summed E-state index contributed by atoms with van der Waals surface area (Å²) in [6.45, 7) is 4.15. The first kappa shape index (κ1) is 9.03. The number of anilines is 1. The van der Waals surface area contributed by atoms with Gasteiger partial charge in [0.15, 0.2) is 0 Å². The molecule has 0 aliphatic carbocycles. The Hall–Kier alpha value is -1.06. The fourth-order valence-electron chi connectivity index (χ4n) is 0.915. The van der Waals surface area contributed by atoms with Crippen LogP contribution in [-0.4, -0.2) is 7.05 Å². The summed E-state index contributed by atoms with van der Waals surface area (Å²) < 4.78 is 0. The van der Waals surface area contributed by atoms with Gasteiger partial charge in [-0.2, -0.15) is 10.4 Å². The molecule has 0 saturated heterocycles. The van der Waals surface area contributed by atoms with E-state index in [0.717, 1.165) is 5.69 Å². The third-order valence-corrected chi connectivity index (χ3v) is 1.78. The summed E-state index contributed by atoms with van der Waals surface area (Å²) in [5, 5.41) is 0.